The van der Waals surface area contributed by atoms with Gasteiger partial charge in [0.05, 0.1) is 31.2 Å². The third-order valence-electron chi connectivity index (χ3n) is 3.84. The maximum absolute atomic E-state index is 13.2. The molecule has 1 aromatic rings. The molecule has 25 heavy (non-hydrogen) atoms. The molecule has 10 heteroatoms. The highest BCUT2D eigenvalue weighted by Crippen LogP contribution is 2.22. The van der Waals surface area contributed by atoms with Crippen molar-refractivity contribution in [2.45, 2.75) is 17.7 Å². The Hall–Kier alpha value is -1.62. The number of ether oxygens (including phenoxy) is 1. The van der Waals surface area contributed by atoms with Crippen LogP contribution < -0.4 is 11.1 Å². The summed E-state index contributed by atoms with van der Waals surface area (Å²) in [6.45, 7) is 0.846. The minimum atomic E-state index is -3.79. The van der Waals surface area contributed by atoms with Crippen LogP contribution in [-0.4, -0.2) is 63.9 Å². The van der Waals surface area contributed by atoms with Crippen molar-refractivity contribution >= 4 is 15.9 Å². The van der Waals surface area contributed by atoms with Crippen molar-refractivity contribution in [2.75, 3.05) is 39.4 Å². The van der Waals surface area contributed by atoms with Gasteiger partial charge in [0.25, 0.3) is 11.8 Å². The standard InChI is InChI=1S/C15H21F2N3O4S/c1-11-2-3-12(14(21)19-10-15(16,17)9-18)8-13(11)25(22,23)20-4-6-24-7-5-20/h2-3,8H,4-7,9-10,18H2,1H3,(H,19,21). The third-order valence-corrected chi connectivity index (χ3v) is 5.89. The zero-order chi connectivity index (χ0) is 18.7. The van der Waals surface area contributed by atoms with Crippen LogP contribution in [0.1, 0.15) is 15.9 Å². The van der Waals surface area contributed by atoms with Gasteiger partial charge in [-0.25, -0.2) is 17.2 Å². The first-order chi connectivity index (χ1) is 11.7. The number of sulfonamides is 1. The van der Waals surface area contributed by atoms with E-state index in [1.54, 1.807) is 6.92 Å². The smallest absolute Gasteiger partial charge is 0.277 e. The van der Waals surface area contributed by atoms with Crippen LogP contribution in [0.3, 0.4) is 0 Å². The number of rotatable bonds is 6. The van der Waals surface area contributed by atoms with Crippen LogP contribution in [0.4, 0.5) is 8.78 Å². The van der Waals surface area contributed by atoms with Crippen LogP contribution in [0, 0.1) is 6.92 Å². The molecule has 1 fully saturated rings. The van der Waals surface area contributed by atoms with Gasteiger partial charge in [-0.1, -0.05) is 6.07 Å². The molecule has 140 valence electrons. The molecule has 0 radical (unpaired) electrons. The first-order valence-corrected chi connectivity index (χ1v) is 9.16. The van der Waals surface area contributed by atoms with Crippen molar-refractivity contribution in [2.24, 2.45) is 5.73 Å². The summed E-state index contributed by atoms with van der Waals surface area (Å²) in [5, 5.41) is 2.07. The number of nitrogens with one attached hydrogen (secondary N) is 1. The average molecular weight is 377 g/mol. The first-order valence-electron chi connectivity index (χ1n) is 7.72. The minimum Gasteiger partial charge on any atom is -0.379 e. The maximum atomic E-state index is 13.2. The molecule has 1 aliphatic heterocycles. The Bertz CT molecular complexity index is 734. The van der Waals surface area contributed by atoms with Crippen molar-refractivity contribution in [3.63, 3.8) is 0 Å². The van der Waals surface area contributed by atoms with Crippen molar-refractivity contribution in [1.29, 1.82) is 0 Å². The summed E-state index contributed by atoms with van der Waals surface area (Å²) in [7, 11) is -3.79. The number of amides is 1. The molecule has 7 nitrogen and oxygen atoms in total. The summed E-state index contributed by atoms with van der Waals surface area (Å²) in [5.41, 5.74) is 5.38. The number of halogens is 2. The number of carbonyl (C=O) groups excluding carboxylic acids is 1. The van der Waals surface area contributed by atoms with E-state index < -0.39 is 34.9 Å². The average Bonchev–Trinajstić information content (AvgIpc) is 2.60. The summed E-state index contributed by atoms with van der Waals surface area (Å²) in [6.07, 6.45) is 0. The summed E-state index contributed by atoms with van der Waals surface area (Å²) < 4.78 is 58.2. The van der Waals surface area contributed by atoms with Gasteiger partial charge in [0.2, 0.25) is 10.0 Å². The number of carbonyl (C=O) groups is 1. The predicted molar refractivity (Wildman–Crippen MR) is 87.1 cm³/mol. The largest absolute Gasteiger partial charge is 0.379 e. The number of morpholine rings is 1. The van der Waals surface area contributed by atoms with Crippen LogP contribution in [0.15, 0.2) is 23.1 Å². The molecule has 2 rings (SSSR count). The molecule has 1 heterocycles. The molecular weight excluding hydrogens is 356 g/mol. The summed E-state index contributed by atoms with van der Waals surface area (Å²) in [5.74, 6) is -4.00. The van der Waals surface area contributed by atoms with E-state index in [4.69, 9.17) is 10.5 Å². The Kier molecular flexibility index (Phi) is 6.09. The van der Waals surface area contributed by atoms with Gasteiger partial charge in [0.15, 0.2) is 0 Å². The normalized spacial score (nSPS) is 16.6. The van der Waals surface area contributed by atoms with E-state index in [1.807, 2.05) is 0 Å². The highest BCUT2D eigenvalue weighted by Gasteiger charge is 2.30. The van der Waals surface area contributed by atoms with Crippen LogP contribution in [0.5, 0.6) is 0 Å². The Morgan fingerprint density at radius 2 is 2.00 bits per heavy atom. The molecule has 1 amide bonds. The number of benzene rings is 1. The highest BCUT2D eigenvalue weighted by molar-refractivity contribution is 7.89. The van der Waals surface area contributed by atoms with Crippen molar-refractivity contribution < 1.29 is 26.7 Å². The quantitative estimate of drug-likeness (QED) is 0.744. The lowest BCUT2D eigenvalue weighted by atomic mass is 10.1. The SMILES string of the molecule is Cc1ccc(C(=O)NCC(F)(F)CN)cc1S(=O)(=O)N1CCOCC1. The van der Waals surface area contributed by atoms with Crippen LogP contribution in [0.25, 0.3) is 0 Å². The second-order valence-corrected chi connectivity index (χ2v) is 7.65. The lowest BCUT2D eigenvalue weighted by molar-refractivity contribution is 0.0118. The summed E-state index contributed by atoms with van der Waals surface area (Å²) in [4.78, 5) is 12.0. The summed E-state index contributed by atoms with van der Waals surface area (Å²) >= 11 is 0. The number of alkyl halides is 2. The molecule has 0 saturated carbocycles. The maximum Gasteiger partial charge on any atom is 0.277 e. The van der Waals surface area contributed by atoms with Gasteiger partial charge in [-0.05, 0) is 24.6 Å². The van der Waals surface area contributed by atoms with E-state index in [0.29, 0.717) is 18.8 Å². The fraction of sp³-hybridized carbons (Fsp3) is 0.533. The van der Waals surface area contributed by atoms with E-state index in [-0.39, 0.29) is 23.5 Å². The Labute approximate surface area is 145 Å². The zero-order valence-corrected chi connectivity index (χ0v) is 14.6. The number of hydrogen-bond acceptors (Lipinski definition) is 5. The van der Waals surface area contributed by atoms with E-state index in [0.717, 1.165) is 0 Å². The second kappa shape index (κ2) is 7.73. The second-order valence-electron chi connectivity index (χ2n) is 5.74. The van der Waals surface area contributed by atoms with Crippen molar-refractivity contribution in [3.8, 4) is 0 Å². The van der Waals surface area contributed by atoms with Gasteiger partial charge in [-0.15, -0.1) is 0 Å². The molecule has 0 atom stereocenters. The monoisotopic (exact) mass is 377 g/mol. The molecular formula is C15H21F2N3O4S. The number of hydrogen-bond donors (Lipinski definition) is 2. The Morgan fingerprint density at radius 3 is 2.60 bits per heavy atom. The molecule has 3 N–H and O–H groups in total. The number of aryl methyl sites for hydroxylation is 1. The van der Waals surface area contributed by atoms with Gasteiger partial charge < -0.3 is 15.8 Å². The highest BCUT2D eigenvalue weighted by atomic mass is 32.2. The van der Waals surface area contributed by atoms with E-state index >= 15 is 0 Å². The fourth-order valence-corrected chi connectivity index (χ4v) is 3.99. The van der Waals surface area contributed by atoms with E-state index in [2.05, 4.69) is 5.32 Å². The predicted octanol–water partition coefficient (Wildman–Crippen LogP) is 0.340. The molecule has 0 aliphatic carbocycles. The Balaban J connectivity index is 2.23. The van der Waals surface area contributed by atoms with E-state index in [9.17, 15) is 22.0 Å². The molecule has 1 aromatic carbocycles. The molecule has 0 spiro atoms. The minimum absolute atomic E-state index is 0.00902. The molecule has 0 aromatic heterocycles. The zero-order valence-electron chi connectivity index (χ0n) is 13.8. The van der Waals surface area contributed by atoms with Gasteiger partial charge >= 0.3 is 0 Å². The van der Waals surface area contributed by atoms with Crippen LogP contribution in [-0.2, 0) is 14.8 Å². The number of nitrogens with two attached hydrogens (primary N) is 1. The van der Waals surface area contributed by atoms with Crippen molar-refractivity contribution in [1.82, 2.24) is 9.62 Å². The fourth-order valence-electron chi connectivity index (χ4n) is 2.33. The van der Waals surface area contributed by atoms with Gasteiger partial charge in [0.1, 0.15) is 0 Å². The Morgan fingerprint density at radius 1 is 1.36 bits per heavy atom. The van der Waals surface area contributed by atoms with Crippen LogP contribution in [0.2, 0.25) is 0 Å². The van der Waals surface area contributed by atoms with Gasteiger partial charge in [-0.3, -0.25) is 4.79 Å². The van der Waals surface area contributed by atoms with E-state index in [1.165, 1.54) is 22.5 Å². The molecule has 1 aliphatic rings. The number of nitrogens with zero attached hydrogens (tertiary/aromatic N) is 1. The molecule has 0 unspecified atom stereocenters. The summed E-state index contributed by atoms with van der Waals surface area (Å²) in [6, 6.07) is 4.07. The molecule has 0 bridgehead atoms. The first kappa shape index (κ1) is 19.7. The van der Waals surface area contributed by atoms with Crippen molar-refractivity contribution in [3.05, 3.63) is 29.3 Å². The topological polar surface area (TPSA) is 102 Å². The van der Waals surface area contributed by atoms with Gasteiger partial charge in [0, 0.05) is 18.7 Å². The lowest BCUT2D eigenvalue weighted by Crippen LogP contribution is -2.42. The third kappa shape index (κ3) is 4.72. The lowest BCUT2D eigenvalue weighted by Gasteiger charge is -2.26. The van der Waals surface area contributed by atoms with Crippen LogP contribution >= 0.6 is 0 Å². The van der Waals surface area contributed by atoms with Gasteiger partial charge in [-0.2, -0.15) is 4.31 Å². The molecule has 1 saturated heterocycles.